The third-order valence-electron chi connectivity index (χ3n) is 1.02. The fraction of sp³-hybridized carbons (Fsp3) is 0.833. The molecule has 0 rings (SSSR count). The molecular weight excluding hydrogens is 102 g/mol. The molecule has 0 heterocycles. The predicted octanol–water partition coefficient (Wildman–Crippen LogP) is 1.11. The third kappa shape index (κ3) is 3.81. The van der Waals surface area contributed by atoms with Crippen molar-refractivity contribution in [2.75, 3.05) is 14.2 Å². The number of rotatable bonds is 3. The van der Waals surface area contributed by atoms with Crippen LogP contribution in [0.25, 0.3) is 0 Å². The van der Waals surface area contributed by atoms with Gasteiger partial charge in [-0.3, -0.25) is 0 Å². The van der Waals surface area contributed by atoms with Crippen LogP contribution in [0.4, 0.5) is 0 Å². The van der Waals surface area contributed by atoms with E-state index in [1.165, 1.54) is 0 Å². The number of aliphatic imine (C=N–C) groups is 1. The van der Waals surface area contributed by atoms with Gasteiger partial charge in [0, 0.05) is 26.8 Å². The van der Waals surface area contributed by atoms with Gasteiger partial charge in [-0.1, -0.05) is 0 Å². The maximum atomic E-state index is 4.96. The van der Waals surface area contributed by atoms with E-state index in [0.717, 1.165) is 6.42 Å². The summed E-state index contributed by atoms with van der Waals surface area (Å²) in [5, 5.41) is 0. The van der Waals surface area contributed by atoms with E-state index in [4.69, 9.17) is 4.74 Å². The van der Waals surface area contributed by atoms with Gasteiger partial charge in [-0.25, -0.2) is 0 Å². The van der Waals surface area contributed by atoms with Crippen LogP contribution in [0.5, 0.6) is 0 Å². The highest BCUT2D eigenvalue weighted by Gasteiger charge is 1.92. The molecule has 2 heteroatoms. The molecule has 0 spiro atoms. The van der Waals surface area contributed by atoms with E-state index in [1.54, 1.807) is 14.2 Å². The second kappa shape index (κ2) is 4.78. The highest BCUT2D eigenvalue weighted by atomic mass is 16.5. The van der Waals surface area contributed by atoms with Crippen LogP contribution >= 0.6 is 0 Å². The molecule has 1 unspecified atom stereocenters. The first kappa shape index (κ1) is 7.63. The molecule has 1 atom stereocenters. The second-order valence-electron chi connectivity index (χ2n) is 1.72. The van der Waals surface area contributed by atoms with Crippen molar-refractivity contribution in [3.8, 4) is 0 Å². The Morgan fingerprint density at radius 1 is 1.75 bits per heavy atom. The molecule has 0 aliphatic heterocycles. The minimum atomic E-state index is 0.304. The summed E-state index contributed by atoms with van der Waals surface area (Å²) in [5.41, 5.74) is 0. The van der Waals surface area contributed by atoms with E-state index in [-0.39, 0.29) is 0 Å². The van der Waals surface area contributed by atoms with Gasteiger partial charge in [0.2, 0.25) is 0 Å². The van der Waals surface area contributed by atoms with Crippen molar-refractivity contribution in [1.29, 1.82) is 0 Å². The van der Waals surface area contributed by atoms with Crippen LogP contribution < -0.4 is 0 Å². The Hall–Kier alpha value is -0.370. The molecule has 0 amide bonds. The highest BCUT2D eigenvalue weighted by Crippen LogP contribution is 1.89. The summed E-state index contributed by atoms with van der Waals surface area (Å²) in [7, 11) is 3.47. The summed E-state index contributed by atoms with van der Waals surface area (Å²) in [6.45, 7) is 2.02. The number of nitrogens with zero attached hydrogens (tertiary/aromatic N) is 1. The topological polar surface area (TPSA) is 21.6 Å². The maximum absolute atomic E-state index is 4.96. The summed E-state index contributed by atoms with van der Waals surface area (Å²) in [5.74, 6) is 0. The summed E-state index contributed by atoms with van der Waals surface area (Å²) in [6.07, 6.45) is 3.07. The van der Waals surface area contributed by atoms with Gasteiger partial charge in [0.15, 0.2) is 0 Å². The van der Waals surface area contributed by atoms with Crippen molar-refractivity contribution >= 4 is 6.21 Å². The molecule has 2 nitrogen and oxygen atoms in total. The summed E-state index contributed by atoms with van der Waals surface area (Å²) < 4.78 is 4.96. The molecule has 48 valence electrons. The lowest BCUT2D eigenvalue weighted by atomic mass is 10.3. The molecule has 0 bridgehead atoms. The molecule has 0 aromatic rings. The molecule has 8 heavy (non-hydrogen) atoms. The maximum Gasteiger partial charge on any atom is 0.0592 e. The Kier molecular flexibility index (Phi) is 4.56. The molecule has 0 radical (unpaired) electrons. The molecular formula is C6H13NO. The fourth-order valence-electron chi connectivity index (χ4n) is 0.350. The zero-order valence-corrected chi connectivity index (χ0v) is 5.72. The molecule has 0 fully saturated rings. The van der Waals surface area contributed by atoms with E-state index >= 15 is 0 Å². The van der Waals surface area contributed by atoms with Crippen LogP contribution in [0.1, 0.15) is 13.3 Å². The van der Waals surface area contributed by atoms with Gasteiger partial charge in [0.1, 0.15) is 0 Å². The molecule has 0 aromatic carbocycles. The first-order valence-electron chi connectivity index (χ1n) is 2.74. The average molecular weight is 115 g/mol. The lowest BCUT2D eigenvalue weighted by Crippen LogP contribution is -2.04. The Labute approximate surface area is 50.6 Å². The van der Waals surface area contributed by atoms with Crippen molar-refractivity contribution in [1.82, 2.24) is 0 Å². The number of methoxy groups -OCH3 is 1. The minimum absolute atomic E-state index is 0.304. The van der Waals surface area contributed by atoms with Crippen LogP contribution in [0.2, 0.25) is 0 Å². The van der Waals surface area contributed by atoms with Gasteiger partial charge in [-0.2, -0.15) is 0 Å². The van der Waals surface area contributed by atoms with Crippen molar-refractivity contribution in [2.45, 2.75) is 19.4 Å². The van der Waals surface area contributed by atoms with Gasteiger partial charge in [-0.05, 0) is 6.92 Å². The average Bonchev–Trinajstić information content (AvgIpc) is 1.83. The molecule has 0 N–H and O–H groups in total. The van der Waals surface area contributed by atoms with Gasteiger partial charge >= 0.3 is 0 Å². The second-order valence-corrected chi connectivity index (χ2v) is 1.72. The van der Waals surface area contributed by atoms with E-state index in [0.29, 0.717) is 6.10 Å². The minimum Gasteiger partial charge on any atom is -0.381 e. The lowest BCUT2D eigenvalue weighted by Gasteiger charge is -2.02. The number of ether oxygens (including phenoxy) is 1. The van der Waals surface area contributed by atoms with Gasteiger partial charge in [0.25, 0.3) is 0 Å². The fourth-order valence-corrected chi connectivity index (χ4v) is 0.350. The predicted molar refractivity (Wildman–Crippen MR) is 35.5 cm³/mol. The molecule has 0 saturated heterocycles. The van der Waals surface area contributed by atoms with E-state index in [2.05, 4.69) is 4.99 Å². The molecule has 0 aliphatic carbocycles. The lowest BCUT2D eigenvalue weighted by molar-refractivity contribution is 0.125. The van der Waals surface area contributed by atoms with E-state index in [9.17, 15) is 0 Å². The SMILES string of the molecule is CN=CCC(C)OC. The van der Waals surface area contributed by atoms with Crippen molar-refractivity contribution in [2.24, 2.45) is 4.99 Å². The van der Waals surface area contributed by atoms with Crippen LogP contribution in [0.15, 0.2) is 4.99 Å². The third-order valence-corrected chi connectivity index (χ3v) is 1.02. The van der Waals surface area contributed by atoms with Gasteiger partial charge in [-0.15, -0.1) is 0 Å². The summed E-state index contributed by atoms with van der Waals surface area (Å²) >= 11 is 0. The Balaban J connectivity index is 3.10. The van der Waals surface area contributed by atoms with Crippen LogP contribution in [-0.2, 0) is 4.74 Å². The highest BCUT2D eigenvalue weighted by molar-refractivity contribution is 5.57. The Bertz CT molecular complexity index is 70.9. The van der Waals surface area contributed by atoms with E-state index in [1.807, 2.05) is 13.1 Å². The molecule has 0 saturated carbocycles. The molecule has 0 aromatic heterocycles. The Morgan fingerprint density at radius 3 is 2.75 bits per heavy atom. The quantitative estimate of drug-likeness (QED) is 0.505. The Morgan fingerprint density at radius 2 is 2.38 bits per heavy atom. The first-order chi connectivity index (χ1) is 3.81. The van der Waals surface area contributed by atoms with E-state index < -0.39 is 0 Å². The standard InChI is InChI=1S/C6H13NO/c1-6(8-3)4-5-7-2/h5-6H,4H2,1-3H3. The van der Waals surface area contributed by atoms with Gasteiger partial charge < -0.3 is 9.73 Å². The normalized spacial score (nSPS) is 14.9. The van der Waals surface area contributed by atoms with Crippen molar-refractivity contribution < 1.29 is 4.74 Å². The van der Waals surface area contributed by atoms with Crippen molar-refractivity contribution in [3.05, 3.63) is 0 Å². The van der Waals surface area contributed by atoms with Crippen LogP contribution in [0.3, 0.4) is 0 Å². The van der Waals surface area contributed by atoms with Crippen LogP contribution in [0, 0.1) is 0 Å². The number of hydrogen-bond acceptors (Lipinski definition) is 2. The molecule has 0 aliphatic rings. The summed E-state index contributed by atoms with van der Waals surface area (Å²) in [4.78, 5) is 3.82. The van der Waals surface area contributed by atoms with Crippen LogP contribution in [-0.4, -0.2) is 26.5 Å². The number of hydrogen-bond donors (Lipinski definition) is 0. The largest absolute Gasteiger partial charge is 0.381 e. The first-order valence-corrected chi connectivity index (χ1v) is 2.74. The van der Waals surface area contributed by atoms with Crippen molar-refractivity contribution in [3.63, 3.8) is 0 Å². The smallest absolute Gasteiger partial charge is 0.0592 e. The zero-order chi connectivity index (χ0) is 6.41. The summed E-state index contributed by atoms with van der Waals surface area (Å²) in [6, 6.07) is 0. The van der Waals surface area contributed by atoms with Gasteiger partial charge in [0.05, 0.1) is 6.10 Å². The zero-order valence-electron chi connectivity index (χ0n) is 5.72. The monoisotopic (exact) mass is 115 g/mol.